The first-order valence-electron chi connectivity index (χ1n) is 6.42. The Bertz CT molecular complexity index is 661. The summed E-state index contributed by atoms with van der Waals surface area (Å²) in [5, 5.41) is 7.02. The number of benzene rings is 1. The molecule has 3 heteroatoms. The third-order valence-electron chi connectivity index (χ3n) is 3.37. The maximum absolute atomic E-state index is 4.42. The van der Waals surface area contributed by atoms with Crippen LogP contribution in [-0.4, -0.2) is 12.0 Å². The van der Waals surface area contributed by atoms with Crippen molar-refractivity contribution in [3.05, 3.63) is 65.3 Å². The Kier molecular flexibility index (Phi) is 3.58. The molecule has 0 aliphatic rings. The molecule has 1 atom stereocenters. The topological polar surface area (TPSA) is 24.9 Å². The van der Waals surface area contributed by atoms with Gasteiger partial charge in [0, 0.05) is 29.1 Å². The molecular formula is C16H16N2S. The zero-order valence-corrected chi connectivity index (χ0v) is 11.7. The molecule has 0 aliphatic carbocycles. The van der Waals surface area contributed by atoms with Crippen molar-refractivity contribution in [1.82, 2.24) is 10.3 Å². The van der Waals surface area contributed by atoms with Crippen LogP contribution in [0.3, 0.4) is 0 Å². The van der Waals surface area contributed by atoms with E-state index in [1.54, 1.807) is 0 Å². The van der Waals surface area contributed by atoms with Gasteiger partial charge in [-0.05, 0) is 41.6 Å². The lowest BCUT2D eigenvalue weighted by Crippen LogP contribution is -2.18. The van der Waals surface area contributed by atoms with E-state index in [0.29, 0.717) is 6.04 Å². The van der Waals surface area contributed by atoms with Crippen molar-refractivity contribution in [2.75, 3.05) is 7.05 Å². The fourth-order valence-electron chi connectivity index (χ4n) is 2.36. The summed E-state index contributed by atoms with van der Waals surface area (Å²) in [5.41, 5.74) is 2.49. The van der Waals surface area contributed by atoms with Crippen LogP contribution in [-0.2, 0) is 6.42 Å². The number of hydrogen-bond donors (Lipinski definition) is 1. The summed E-state index contributed by atoms with van der Waals surface area (Å²) >= 11 is 1.81. The van der Waals surface area contributed by atoms with Crippen LogP contribution < -0.4 is 5.32 Å². The number of thiophene rings is 1. The number of nitrogens with one attached hydrogen (secondary N) is 1. The first-order valence-corrected chi connectivity index (χ1v) is 7.30. The summed E-state index contributed by atoms with van der Waals surface area (Å²) in [5.74, 6) is 0. The molecule has 0 amide bonds. The fourth-order valence-corrected chi connectivity index (χ4v) is 3.38. The highest BCUT2D eigenvalue weighted by Gasteiger charge is 2.15. The van der Waals surface area contributed by atoms with Gasteiger partial charge in [0.05, 0.1) is 0 Å². The second-order valence-corrected chi connectivity index (χ2v) is 5.46. The average Bonchev–Trinajstić information content (AvgIpc) is 2.90. The van der Waals surface area contributed by atoms with Crippen LogP contribution in [0.4, 0.5) is 0 Å². The minimum atomic E-state index is 0.311. The third-order valence-corrected chi connectivity index (χ3v) is 4.36. The van der Waals surface area contributed by atoms with Crippen LogP contribution in [0.2, 0.25) is 0 Å². The predicted octanol–water partition coefficient (Wildman–Crippen LogP) is 3.80. The van der Waals surface area contributed by atoms with E-state index in [1.807, 2.05) is 36.7 Å². The molecule has 1 N–H and O–H groups in total. The number of pyridine rings is 1. The van der Waals surface area contributed by atoms with Gasteiger partial charge in [0.1, 0.15) is 0 Å². The molecule has 3 aromatic rings. The molecule has 0 fully saturated rings. The maximum Gasteiger partial charge on any atom is 0.0422 e. The van der Waals surface area contributed by atoms with Gasteiger partial charge < -0.3 is 5.32 Å². The normalized spacial score (nSPS) is 12.7. The van der Waals surface area contributed by atoms with E-state index in [-0.39, 0.29) is 0 Å². The van der Waals surface area contributed by atoms with Crippen LogP contribution in [0.25, 0.3) is 10.1 Å². The third kappa shape index (κ3) is 2.53. The number of nitrogens with zero attached hydrogens (tertiary/aromatic N) is 1. The van der Waals surface area contributed by atoms with Gasteiger partial charge in [-0.1, -0.05) is 24.3 Å². The van der Waals surface area contributed by atoms with E-state index in [9.17, 15) is 0 Å². The molecule has 1 unspecified atom stereocenters. The van der Waals surface area contributed by atoms with Crippen LogP contribution >= 0.6 is 11.3 Å². The number of fused-ring (bicyclic) bond motifs is 1. The molecule has 1 aromatic carbocycles. The smallest absolute Gasteiger partial charge is 0.0422 e. The molecule has 19 heavy (non-hydrogen) atoms. The van der Waals surface area contributed by atoms with Crippen molar-refractivity contribution >= 4 is 21.4 Å². The monoisotopic (exact) mass is 268 g/mol. The maximum atomic E-state index is 4.42. The van der Waals surface area contributed by atoms with Crippen molar-refractivity contribution in [3.8, 4) is 0 Å². The number of aromatic nitrogens is 1. The molecule has 2 aromatic heterocycles. The second-order valence-electron chi connectivity index (χ2n) is 4.55. The fraction of sp³-hybridized carbons (Fsp3) is 0.188. The summed E-state index contributed by atoms with van der Waals surface area (Å²) in [6.07, 6.45) is 2.77. The Balaban J connectivity index is 1.94. The lowest BCUT2D eigenvalue weighted by atomic mass is 10.0. The Morgan fingerprint density at radius 3 is 2.79 bits per heavy atom. The Labute approximate surface area is 117 Å². The molecule has 0 spiro atoms. The molecule has 0 saturated heterocycles. The van der Waals surface area contributed by atoms with Gasteiger partial charge in [0.25, 0.3) is 0 Å². The van der Waals surface area contributed by atoms with Crippen molar-refractivity contribution in [2.45, 2.75) is 12.5 Å². The second kappa shape index (κ2) is 5.51. The minimum absolute atomic E-state index is 0.311. The summed E-state index contributed by atoms with van der Waals surface area (Å²) in [7, 11) is 2.01. The van der Waals surface area contributed by atoms with Gasteiger partial charge in [-0.25, -0.2) is 0 Å². The van der Waals surface area contributed by atoms with Gasteiger partial charge in [-0.2, -0.15) is 0 Å². The standard InChI is InChI=1S/C16H16N2S/c1-17-15(10-12-6-4-5-9-18-12)14-11-19-16-8-3-2-7-13(14)16/h2-9,11,15,17H,10H2,1H3. The first kappa shape index (κ1) is 12.3. The number of hydrogen-bond acceptors (Lipinski definition) is 3. The molecule has 0 bridgehead atoms. The van der Waals surface area contributed by atoms with Gasteiger partial charge in [-0.3, -0.25) is 4.98 Å². The Morgan fingerprint density at radius 2 is 2.00 bits per heavy atom. The molecule has 96 valence electrons. The largest absolute Gasteiger partial charge is 0.313 e. The zero-order chi connectivity index (χ0) is 13.1. The molecule has 2 nitrogen and oxygen atoms in total. The van der Waals surface area contributed by atoms with Crippen LogP contribution in [0.5, 0.6) is 0 Å². The van der Waals surface area contributed by atoms with E-state index in [2.05, 4.69) is 46.0 Å². The van der Waals surface area contributed by atoms with Crippen LogP contribution in [0.15, 0.2) is 54.0 Å². The highest BCUT2D eigenvalue weighted by atomic mass is 32.1. The van der Waals surface area contributed by atoms with E-state index < -0.39 is 0 Å². The highest BCUT2D eigenvalue weighted by Crippen LogP contribution is 2.31. The number of rotatable bonds is 4. The SMILES string of the molecule is CNC(Cc1ccccn1)c1csc2ccccc12. The van der Waals surface area contributed by atoms with E-state index in [0.717, 1.165) is 12.1 Å². The number of likely N-dealkylation sites (N-methyl/N-ethyl adjacent to an activating group) is 1. The van der Waals surface area contributed by atoms with Crippen molar-refractivity contribution in [3.63, 3.8) is 0 Å². The van der Waals surface area contributed by atoms with Crippen LogP contribution in [0, 0.1) is 0 Å². The quantitative estimate of drug-likeness (QED) is 0.778. The molecule has 0 saturated carbocycles. The van der Waals surface area contributed by atoms with E-state index in [1.165, 1.54) is 15.6 Å². The molecule has 0 aliphatic heterocycles. The molecule has 0 radical (unpaired) electrons. The summed E-state index contributed by atoms with van der Waals surface area (Å²) < 4.78 is 1.35. The van der Waals surface area contributed by atoms with Crippen molar-refractivity contribution < 1.29 is 0 Å². The van der Waals surface area contributed by atoms with Gasteiger partial charge in [0.2, 0.25) is 0 Å². The van der Waals surface area contributed by atoms with Crippen molar-refractivity contribution in [2.24, 2.45) is 0 Å². The summed E-state index contributed by atoms with van der Waals surface area (Å²) in [4.78, 5) is 4.42. The summed E-state index contributed by atoms with van der Waals surface area (Å²) in [6, 6.07) is 15.0. The molecular weight excluding hydrogens is 252 g/mol. The Morgan fingerprint density at radius 1 is 1.16 bits per heavy atom. The lowest BCUT2D eigenvalue weighted by molar-refractivity contribution is 0.590. The van der Waals surface area contributed by atoms with E-state index >= 15 is 0 Å². The highest BCUT2D eigenvalue weighted by molar-refractivity contribution is 7.17. The van der Waals surface area contributed by atoms with Gasteiger partial charge >= 0.3 is 0 Å². The van der Waals surface area contributed by atoms with Crippen molar-refractivity contribution in [1.29, 1.82) is 0 Å². The molecule has 3 rings (SSSR count). The zero-order valence-electron chi connectivity index (χ0n) is 10.8. The van der Waals surface area contributed by atoms with Crippen LogP contribution in [0.1, 0.15) is 17.3 Å². The minimum Gasteiger partial charge on any atom is -0.313 e. The van der Waals surface area contributed by atoms with Gasteiger partial charge in [-0.15, -0.1) is 11.3 Å². The molecule has 2 heterocycles. The van der Waals surface area contributed by atoms with Gasteiger partial charge in [0.15, 0.2) is 0 Å². The van der Waals surface area contributed by atoms with E-state index in [4.69, 9.17) is 0 Å². The predicted molar refractivity (Wildman–Crippen MR) is 81.6 cm³/mol. The average molecular weight is 268 g/mol. The first-order chi connectivity index (χ1) is 9.38. The summed E-state index contributed by atoms with van der Waals surface area (Å²) in [6.45, 7) is 0. The Hall–Kier alpha value is -1.71. The lowest BCUT2D eigenvalue weighted by Gasteiger charge is -2.15.